The zero-order valence-corrected chi connectivity index (χ0v) is 10.8. The van der Waals surface area contributed by atoms with Gasteiger partial charge in [-0.3, -0.25) is 4.79 Å². The summed E-state index contributed by atoms with van der Waals surface area (Å²) >= 11 is 0. The van der Waals surface area contributed by atoms with E-state index in [1.807, 2.05) is 31.2 Å². The van der Waals surface area contributed by atoms with Gasteiger partial charge < -0.3 is 5.32 Å². The lowest BCUT2D eigenvalue weighted by Gasteiger charge is -2.14. The van der Waals surface area contributed by atoms with Gasteiger partial charge in [0.05, 0.1) is 12.6 Å². The molecule has 18 heavy (non-hydrogen) atoms. The second-order valence-corrected chi connectivity index (χ2v) is 4.07. The Morgan fingerprint density at radius 2 is 2.00 bits per heavy atom. The first-order valence-corrected chi connectivity index (χ1v) is 6.00. The number of azide groups is 1. The summed E-state index contributed by atoms with van der Waals surface area (Å²) < 4.78 is 0. The predicted molar refractivity (Wildman–Crippen MR) is 71.1 cm³/mol. The molecule has 0 aliphatic rings. The van der Waals surface area contributed by atoms with Crippen molar-refractivity contribution >= 4 is 5.78 Å². The molecule has 0 unspecified atom stereocenters. The second kappa shape index (κ2) is 7.48. The maximum absolute atomic E-state index is 11.6. The summed E-state index contributed by atoms with van der Waals surface area (Å²) in [4.78, 5) is 14.4. The van der Waals surface area contributed by atoms with Crippen LogP contribution in [0.3, 0.4) is 0 Å². The van der Waals surface area contributed by atoms with Gasteiger partial charge in [-0.15, -0.1) is 0 Å². The number of likely N-dealkylation sites (N-methyl/N-ethyl adjacent to an activating group) is 1. The minimum Gasteiger partial charge on any atom is -0.310 e. The number of nitrogens with zero attached hydrogens (tertiary/aromatic N) is 3. The molecule has 0 fully saturated rings. The zero-order chi connectivity index (χ0) is 13.4. The van der Waals surface area contributed by atoms with E-state index in [4.69, 9.17) is 5.53 Å². The van der Waals surface area contributed by atoms with Gasteiger partial charge in [-0.1, -0.05) is 36.3 Å². The van der Waals surface area contributed by atoms with Crippen molar-refractivity contribution in [3.05, 3.63) is 45.8 Å². The molecule has 0 saturated carbocycles. The molecule has 1 N–H and O–H groups in total. The van der Waals surface area contributed by atoms with Crippen LogP contribution in [0, 0.1) is 0 Å². The summed E-state index contributed by atoms with van der Waals surface area (Å²) in [5, 5.41) is 6.54. The number of rotatable bonds is 7. The largest absolute Gasteiger partial charge is 0.310 e. The highest BCUT2D eigenvalue weighted by molar-refractivity contribution is 5.83. The van der Waals surface area contributed by atoms with E-state index in [0.717, 1.165) is 11.1 Å². The number of carbonyl (C=O) groups excluding carboxylic acids is 1. The predicted octanol–water partition coefficient (Wildman–Crippen LogP) is 2.61. The van der Waals surface area contributed by atoms with Crippen LogP contribution in [0.25, 0.3) is 10.4 Å². The molecule has 1 rings (SSSR count). The Morgan fingerprint density at radius 3 is 2.50 bits per heavy atom. The SMILES string of the molecule is CCC(=O)[C@H](Cc1ccc(CN=[N+]=[N-])cc1)NC. The molecule has 0 amide bonds. The minimum atomic E-state index is -0.127. The van der Waals surface area contributed by atoms with Crippen LogP contribution < -0.4 is 5.32 Å². The normalized spacial score (nSPS) is 11.7. The van der Waals surface area contributed by atoms with Gasteiger partial charge in [-0.2, -0.15) is 0 Å². The first kappa shape index (κ1) is 14.2. The fraction of sp³-hybridized carbons (Fsp3) is 0.462. The van der Waals surface area contributed by atoms with Crippen LogP contribution in [0.1, 0.15) is 24.5 Å². The van der Waals surface area contributed by atoms with Gasteiger partial charge in [0.2, 0.25) is 0 Å². The highest BCUT2D eigenvalue weighted by Gasteiger charge is 2.14. The third-order valence-electron chi connectivity index (χ3n) is 2.86. The fourth-order valence-electron chi connectivity index (χ4n) is 1.75. The molecular weight excluding hydrogens is 228 g/mol. The van der Waals surface area contributed by atoms with Gasteiger partial charge in [0, 0.05) is 11.3 Å². The van der Waals surface area contributed by atoms with Crippen LogP contribution in [0.4, 0.5) is 0 Å². The third-order valence-corrected chi connectivity index (χ3v) is 2.86. The molecule has 0 heterocycles. The number of nitrogens with one attached hydrogen (secondary N) is 1. The lowest BCUT2D eigenvalue weighted by atomic mass is 10.0. The van der Waals surface area contributed by atoms with Gasteiger partial charge in [-0.25, -0.2) is 0 Å². The van der Waals surface area contributed by atoms with Crippen LogP contribution in [-0.2, 0) is 17.8 Å². The van der Waals surface area contributed by atoms with Crippen LogP contribution in [0.5, 0.6) is 0 Å². The summed E-state index contributed by atoms with van der Waals surface area (Å²) in [5.41, 5.74) is 10.3. The number of benzene rings is 1. The van der Waals surface area contributed by atoms with Crippen molar-refractivity contribution in [3.63, 3.8) is 0 Å². The summed E-state index contributed by atoms with van der Waals surface area (Å²) in [6, 6.07) is 7.66. The van der Waals surface area contributed by atoms with E-state index in [-0.39, 0.29) is 11.8 Å². The maximum Gasteiger partial charge on any atom is 0.149 e. The molecule has 0 aliphatic carbocycles. The lowest BCUT2D eigenvalue weighted by molar-refractivity contribution is -0.120. The van der Waals surface area contributed by atoms with Crippen molar-refractivity contribution in [1.29, 1.82) is 0 Å². The highest BCUT2D eigenvalue weighted by Crippen LogP contribution is 2.09. The van der Waals surface area contributed by atoms with E-state index in [9.17, 15) is 4.79 Å². The molecule has 1 aromatic rings. The van der Waals surface area contributed by atoms with E-state index in [1.165, 1.54) is 0 Å². The molecule has 96 valence electrons. The van der Waals surface area contributed by atoms with E-state index >= 15 is 0 Å². The molecule has 0 radical (unpaired) electrons. The Balaban J connectivity index is 2.67. The van der Waals surface area contributed by atoms with Gasteiger partial charge in [-0.05, 0) is 30.1 Å². The average molecular weight is 246 g/mol. The number of Topliss-reactive ketones (excluding diaryl/α,β-unsaturated/α-hetero) is 1. The van der Waals surface area contributed by atoms with Crippen molar-refractivity contribution in [1.82, 2.24) is 5.32 Å². The number of carbonyl (C=O) groups is 1. The quantitative estimate of drug-likeness (QED) is 0.456. The summed E-state index contributed by atoms with van der Waals surface area (Å²) in [5.74, 6) is 0.218. The maximum atomic E-state index is 11.6. The first-order chi connectivity index (χ1) is 8.71. The number of hydrogen-bond acceptors (Lipinski definition) is 3. The molecule has 0 aliphatic heterocycles. The van der Waals surface area contributed by atoms with Crippen molar-refractivity contribution < 1.29 is 4.79 Å². The van der Waals surface area contributed by atoms with Crippen molar-refractivity contribution in [2.45, 2.75) is 32.4 Å². The van der Waals surface area contributed by atoms with E-state index in [2.05, 4.69) is 15.3 Å². The smallest absolute Gasteiger partial charge is 0.149 e. The second-order valence-electron chi connectivity index (χ2n) is 4.07. The van der Waals surface area contributed by atoms with Crippen molar-refractivity contribution in [3.8, 4) is 0 Å². The molecule has 1 atom stereocenters. The summed E-state index contributed by atoms with van der Waals surface area (Å²) in [6.07, 6.45) is 1.23. The molecule has 5 nitrogen and oxygen atoms in total. The van der Waals surface area contributed by atoms with Gasteiger partial charge >= 0.3 is 0 Å². The Labute approximate surface area is 107 Å². The van der Waals surface area contributed by atoms with E-state index < -0.39 is 0 Å². The Hall–Kier alpha value is -1.84. The van der Waals surface area contributed by atoms with Gasteiger partial charge in [0.1, 0.15) is 5.78 Å². The molecule has 0 saturated heterocycles. The first-order valence-electron chi connectivity index (χ1n) is 6.00. The molecular formula is C13H18N4O. The highest BCUT2D eigenvalue weighted by atomic mass is 16.1. The van der Waals surface area contributed by atoms with Crippen molar-refractivity contribution in [2.75, 3.05) is 7.05 Å². The summed E-state index contributed by atoms with van der Waals surface area (Å²) in [6.45, 7) is 2.23. The Kier molecular flexibility index (Phi) is 5.91. The Morgan fingerprint density at radius 1 is 1.39 bits per heavy atom. The number of ketones is 1. The third kappa shape index (κ3) is 4.20. The van der Waals surface area contributed by atoms with Gasteiger partial charge in [0.25, 0.3) is 0 Å². The molecule has 0 aromatic heterocycles. The van der Waals surface area contributed by atoms with Crippen LogP contribution in [0.2, 0.25) is 0 Å². The molecule has 0 spiro atoms. The van der Waals surface area contributed by atoms with Crippen LogP contribution >= 0.6 is 0 Å². The molecule has 5 heteroatoms. The van der Waals surface area contributed by atoms with Gasteiger partial charge in [0.15, 0.2) is 0 Å². The van der Waals surface area contributed by atoms with E-state index in [1.54, 1.807) is 7.05 Å². The molecule has 0 bridgehead atoms. The number of hydrogen-bond donors (Lipinski definition) is 1. The standard InChI is InChI=1S/C13H18N4O/c1-3-13(18)12(15-2)8-10-4-6-11(7-5-10)9-16-17-14/h4-7,12,15H,3,8-9H2,1-2H3/t12-/m0/s1. The monoisotopic (exact) mass is 246 g/mol. The van der Waals surface area contributed by atoms with Crippen LogP contribution in [0.15, 0.2) is 29.4 Å². The summed E-state index contributed by atoms with van der Waals surface area (Å²) in [7, 11) is 1.80. The minimum absolute atomic E-state index is 0.127. The average Bonchev–Trinajstić information content (AvgIpc) is 2.43. The molecule has 1 aromatic carbocycles. The lowest BCUT2D eigenvalue weighted by Crippen LogP contribution is -2.35. The zero-order valence-electron chi connectivity index (χ0n) is 10.8. The van der Waals surface area contributed by atoms with E-state index in [0.29, 0.717) is 19.4 Å². The fourth-order valence-corrected chi connectivity index (χ4v) is 1.75. The Bertz CT molecular complexity index is 435. The topological polar surface area (TPSA) is 77.9 Å². The van der Waals surface area contributed by atoms with Crippen molar-refractivity contribution in [2.24, 2.45) is 5.11 Å². The van der Waals surface area contributed by atoms with Crippen LogP contribution in [-0.4, -0.2) is 18.9 Å².